The molecule has 0 aromatic carbocycles. The van der Waals surface area contributed by atoms with Crippen LogP contribution < -0.4 is 0 Å². The van der Waals surface area contributed by atoms with Gasteiger partial charge in [-0.1, -0.05) is 6.92 Å². The topological polar surface area (TPSA) is 49.9 Å². The van der Waals surface area contributed by atoms with Gasteiger partial charge in [-0.25, -0.2) is 9.59 Å². The highest BCUT2D eigenvalue weighted by atomic mass is 16.6. The van der Waals surface area contributed by atoms with Crippen molar-refractivity contribution in [2.75, 3.05) is 19.6 Å². The molecule has 5 nitrogen and oxygen atoms in total. The molecule has 120 valence electrons. The molecule has 5 heteroatoms. The lowest BCUT2D eigenvalue weighted by atomic mass is 9.99. The van der Waals surface area contributed by atoms with Crippen molar-refractivity contribution in [3.05, 3.63) is 0 Å². The first-order valence-electron chi connectivity index (χ1n) is 8.06. The maximum absolute atomic E-state index is 12.6. The van der Waals surface area contributed by atoms with E-state index < -0.39 is 11.6 Å². The van der Waals surface area contributed by atoms with Gasteiger partial charge in [-0.15, -0.1) is 0 Å². The van der Waals surface area contributed by atoms with Crippen LogP contribution in [0.4, 0.5) is 4.79 Å². The van der Waals surface area contributed by atoms with Crippen LogP contribution in [0.1, 0.15) is 53.4 Å². The molecule has 0 saturated carbocycles. The molecule has 0 spiro atoms. The van der Waals surface area contributed by atoms with E-state index in [1.165, 1.54) is 0 Å². The second-order valence-corrected chi connectivity index (χ2v) is 7.34. The van der Waals surface area contributed by atoms with Crippen LogP contribution in [0, 0.1) is 5.92 Å². The Morgan fingerprint density at radius 2 is 1.67 bits per heavy atom. The van der Waals surface area contributed by atoms with Gasteiger partial charge in [0, 0.05) is 19.6 Å². The van der Waals surface area contributed by atoms with Crippen molar-refractivity contribution in [2.24, 2.45) is 5.92 Å². The monoisotopic (exact) mass is 296 g/mol. The predicted molar refractivity (Wildman–Crippen MR) is 80.9 cm³/mol. The highest BCUT2D eigenvalue weighted by Gasteiger charge is 2.39. The minimum atomic E-state index is -0.505. The first-order valence-corrected chi connectivity index (χ1v) is 8.06. The molecular weight excluding hydrogens is 268 g/mol. The van der Waals surface area contributed by atoms with Crippen molar-refractivity contribution in [1.82, 2.24) is 9.80 Å². The number of esters is 1. The molecular formula is C16H28N2O3. The Bertz CT molecular complexity index is 395. The molecule has 2 aliphatic heterocycles. The van der Waals surface area contributed by atoms with E-state index in [0.29, 0.717) is 18.9 Å². The van der Waals surface area contributed by atoms with Gasteiger partial charge in [0.05, 0.1) is 0 Å². The minimum Gasteiger partial charge on any atom is -0.458 e. The van der Waals surface area contributed by atoms with Gasteiger partial charge in [-0.05, 0) is 52.4 Å². The zero-order valence-corrected chi connectivity index (χ0v) is 13.7. The highest BCUT2D eigenvalue weighted by Crippen LogP contribution is 2.24. The van der Waals surface area contributed by atoms with Gasteiger partial charge in [0.25, 0.3) is 0 Å². The minimum absolute atomic E-state index is 0.00950. The number of urea groups is 1. The number of hydrogen-bond donors (Lipinski definition) is 0. The number of piperidine rings is 1. The lowest BCUT2D eigenvalue weighted by Crippen LogP contribution is -2.51. The predicted octanol–water partition coefficient (Wildman–Crippen LogP) is 2.64. The third-order valence-corrected chi connectivity index (χ3v) is 4.23. The van der Waals surface area contributed by atoms with Crippen molar-refractivity contribution in [3.63, 3.8) is 0 Å². The van der Waals surface area contributed by atoms with Gasteiger partial charge in [-0.2, -0.15) is 0 Å². The van der Waals surface area contributed by atoms with E-state index in [4.69, 9.17) is 4.74 Å². The van der Waals surface area contributed by atoms with Gasteiger partial charge >= 0.3 is 12.0 Å². The Balaban J connectivity index is 1.98. The summed E-state index contributed by atoms with van der Waals surface area (Å²) < 4.78 is 5.46. The number of carbonyl (C=O) groups excluding carboxylic acids is 2. The number of likely N-dealkylation sites (tertiary alicyclic amines) is 2. The summed E-state index contributed by atoms with van der Waals surface area (Å²) >= 11 is 0. The largest absolute Gasteiger partial charge is 0.458 e. The average Bonchev–Trinajstić information content (AvgIpc) is 2.86. The molecule has 21 heavy (non-hydrogen) atoms. The van der Waals surface area contributed by atoms with E-state index >= 15 is 0 Å². The maximum Gasteiger partial charge on any atom is 0.329 e. The summed E-state index contributed by atoms with van der Waals surface area (Å²) in [6.45, 7) is 10.1. The van der Waals surface area contributed by atoms with Crippen molar-refractivity contribution < 1.29 is 14.3 Å². The van der Waals surface area contributed by atoms with E-state index in [0.717, 1.165) is 32.4 Å². The molecule has 0 unspecified atom stereocenters. The van der Waals surface area contributed by atoms with Crippen LogP contribution >= 0.6 is 0 Å². The number of ether oxygens (including phenoxy) is 1. The number of amides is 2. The van der Waals surface area contributed by atoms with Gasteiger partial charge in [0.1, 0.15) is 11.6 Å². The molecule has 0 aromatic rings. The summed E-state index contributed by atoms with van der Waals surface area (Å²) in [5, 5.41) is 0. The van der Waals surface area contributed by atoms with Crippen molar-refractivity contribution in [2.45, 2.75) is 65.0 Å². The maximum atomic E-state index is 12.6. The van der Waals surface area contributed by atoms with Crippen molar-refractivity contribution in [1.29, 1.82) is 0 Å². The molecule has 2 amide bonds. The van der Waals surface area contributed by atoms with Crippen LogP contribution in [0.2, 0.25) is 0 Å². The quantitative estimate of drug-likeness (QED) is 0.699. The van der Waals surface area contributed by atoms with Gasteiger partial charge in [0.15, 0.2) is 0 Å². The average molecular weight is 296 g/mol. The van der Waals surface area contributed by atoms with Gasteiger partial charge in [0.2, 0.25) is 0 Å². The van der Waals surface area contributed by atoms with E-state index in [1.54, 1.807) is 4.90 Å². The fraction of sp³-hybridized carbons (Fsp3) is 0.875. The van der Waals surface area contributed by atoms with Crippen LogP contribution in [-0.2, 0) is 9.53 Å². The molecule has 2 saturated heterocycles. The molecule has 2 fully saturated rings. The number of hydrogen-bond acceptors (Lipinski definition) is 3. The molecule has 0 radical (unpaired) electrons. The normalized spacial score (nSPS) is 24.3. The van der Waals surface area contributed by atoms with Crippen molar-refractivity contribution in [3.8, 4) is 0 Å². The van der Waals surface area contributed by atoms with Gasteiger partial charge < -0.3 is 14.5 Å². The van der Waals surface area contributed by atoms with E-state index in [1.807, 2.05) is 25.7 Å². The lowest BCUT2D eigenvalue weighted by molar-refractivity contribution is -0.159. The SMILES string of the molecule is CC1CCN(C(=O)N2CCC[C@@H]2C(=O)OC(C)(C)C)CC1. The Kier molecular flexibility index (Phi) is 4.79. The summed E-state index contributed by atoms with van der Waals surface area (Å²) in [7, 11) is 0. The van der Waals surface area contributed by atoms with E-state index in [2.05, 4.69) is 6.92 Å². The molecule has 0 N–H and O–H groups in total. The summed E-state index contributed by atoms with van der Waals surface area (Å²) in [5.41, 5.74) is -0.505. The summed E-state index contributed by atoms with van der Waals surface area (Å²) in [6.07, 6.45) is 3.69. The summed E-state index contributed by atoms with van der Waals surface area (Å²) in [4.78, 5) is 28.5. The van der Waals surface area contributed by atoms with Crippen LogP contribution in [0.25, 0.3) is 0 Å². The second-order valence-electron chi connectivity index (χ2n) is 7.34. The molecule has 2 aliphatic rings. The first kappa shape index (κ1) is 16.1. The molecule has 2 rings (SSSR count). The molecule has 0 aliphatic carbocycles. The number of rotatable bonds is 1. The zero-order valence-electron chi connectivity index (χ0n) is 13.7. The second kappa shape index (κ2) is 6.24. The Hall–Kier alpha value is -1.26. The molecule has 2 heterocycles. The molecule has 0 aromatic heterocycles. The zero-order chi connectivity index (χ0) is 15.6. The summed E-state index contributed by atoms with van der Waals surface area (Å²) in [5.74, 6) is 0.424. The molecule has 1 atom stereocenters. The Labute approximate surface area is 127 Å². The summed E-state index contributed by atoms with van der Waals surface area (Å²) in [6, 6.07) is -0.397. The fourth-order valence-corrected chi connectivity index (χ4v) is 2.99. The number of nitrogens with zero attached hydrogens (tertiary/aromatic N) is 2. The standard InChI is InChI=1S/C16H28N2O3/c1-12-7-10-17(11-8-12)15(20)18-9-5-6-13(18)14(19)21-16(2,3)4/h12-13H,5-11H2,1-4H3/t13-/m1/s1. The first-order chi connectivity index (χ1) is 9.78. The van der Waals surface area contributed by atoms with Crippen LogP contribution in [0.3, 0.4) is 0 Å². The Morgan fingerprint density at radius 3 is 2.24 bits per heavy atom. The van der Waals surface area contributed by atoms with Crippen LogP contribution in [0.5, 0.6) is 0 Å². The van der Waals surface area contributed by atoms with Gasteiger partial charge in [-0.3, -0.25) is 0 Å². The number of carbonyl (C=O) groups is 2. The third-order valence-electron chi connectivity index (χ3n) is 4.23. The fourth-order valence-electron chi connectivity index (χ4n) is 2.99. The Morgan fingerprint density at radius 1 is 1.05 bits per heavy atom. The van der Waals surface area contributed by atoms with Crippen molar-refractivity contribution >= 4 is 12.0 Å². The van der Waals surface area contributed by atoms with E-state index in [-0.39, 0.29) is 12.0 Å². The smallest absolute Gasteiger partial charge is 0.329 e. The van der Waals surface area contributed by atoms with Crippen LogP contribution in [-0.4, -0.2) is 53.1 Å². The third kappa shape index (κ3) is 4.11. The van der Waals surface area contributed by atoms with Crippen LogP contribution in [0.15, 0.2) is 0 Å². The van der Waals surface area contributed by atoms with E-state index in [9.17, 15) is 9.59 Å². The highest BCUT2D eigenvalue weighted by molar-refractivity contribution is 5.84. The molecule has 0 bridgehead atoms. The lowest BCUT2D eigenvalue weighted by Gasteiger charge is -2.35.